The molecule has 0 aliphatic rings. The maximum absolute atomic E-state index is 13.3. The first kappa shape index (κ1) is 27.2. The zero-order valence-corrected chi connectivity index (χ0v) is 21.7. The van der Waals surface area contributed by atoms with Gasteiger partial charge in [-0.15, -0.1) is 0 Å². The van der Waals surface area contributed by atoms with Gasteiger partial charge in [0, 0.05) is 30.8 Å². The summed E-state index contributed by atoms with van der Waals surface area (Å²) >= 11 is 0. The minimum Gasteiger partial charge on any atom is -0.497 e. The van der Waals surface area contributed by atoms with E-state index in [1.165, 1.54) is 0 Å². The van der Waals surface area contributed by atoms with Crippen molar-refractivity contribution in [3.05, 3.63) is 53.1 Å². The van der Waals surface area contributed by atoms with Gasteiger partial charge in [-0.25, -0.2) is 0 Å². The Balaban J connectivity index is 2.35. The van der Waals surface area contributed by atoms with Crippen LogP contribution in [0.25, 0.3) is 0 Å². The molecule has 2 rings (SSSR count). The molecule has 1 unspecified atom stereocenters. The predicted molar refractivity (Wildman–Crippen MR) is 138 cm³/mol. The highest BCUT2D eigenvalue weighted by Gasteiger charge is 2.24. The molecule has 6 nitrogen and oxygen atoms in total. The van der Waals surface area contributed by atoms with Crippen molar-refractivity contribution in [3.8, 4) is 11.5 Å². The van der Waals surface area contributed by atoms with Crippen molar-refractivity contribution < 1.29 is 19.1 Å². The average Bonchev–Trinajstić information content (AvgIpc) is 2.81. The molecular formula is C28H40N2O4. The van der Waals surface area contributed by atoms with Crippen LogP contribution in [0.5, 0.6) is 11.5 Å². The second kappa shape index (κ2) is 12.4. The highest BCUT2D eigenvalue weighted by Crippen LogP contribution is 2.36. The third-order valence-corrected chi connectivity index (χ3v) is 6.06. The fraction of sp³-hybridized carbons (Fsp3) is 0.500. The minimum absolute atomic E-state index is 0.00705. The Morgan fingerprint density at radius 1 is 1.00 bits per heavy atom. The van der Waals surface area contributed by atoms with Crippen molar-refractivity contribution in [1.82, 2.24) is 5.32 Å². The van der Waals surface area contributed by atoms with Gasteiger partial charge in [0.2, 0.25) is 5.91 Å². The lowest BCUT2D eigenvalue weighted by molar-refractivity contribution is -0.116. The molecule has 0 radical (unpaired) electrons. The highest BCUT2D eigenvalue weighted by molar-refractivity contribution is 5.98. The van der Waals surface area contributed by atoms with Gasteiger partial charge in [-0.2, -0.15) is 0 Å². The Morgan fingerprint density at radius 2 is 1.74 bits per heavy atom. The monoisotopic (exact) mass is 468 g/mol. The first-order valence-electron chi connectivity index (χ1n) is 12.0. The number of carbonyl (C=O) groups is 2. The number of rotatable bonds is 11. The van der Waals surface area contributed by atoms with Gasteiger partial charge in [0.25, 0.3) is 5.91 Å². The van der Waals surface area contributed by atoms with Crippen molar-refractivity contribution in [3.63, 3.8) is 0 Å². The maximum Gasteiger partial charge on any atom is 0.251 e. The van der Waals surface area contributed by atoms with Crippen LogP contribution in [0.2, 0.25) is 0 Å². The van der Waals surface area contributed by atoms with Crippen molar-refractivity contribution >= 4 is 17.5 Å². The van der Waals surface area contributed by atoms with Crippen molar-refractivity contribution in [2.75, 3.05) is 26.6 Å². The lowest BCUT2D eigenvalue weighted by Gasteiger charge is -2.25. The van der Waals surface area contributed by atoms with E-state index in [-0.39, 0.29) is 23.1 Å². The van der Waals surface area contributed by atoms with Crippen LogP contribution in [0.3, 0.4) is 0 Å². The van der Waals surface area contributed by atoms with E-state index in [1.54, 1.807) is 33.4 Å². The second-order valence-corrected chi connectivity index (χ2v) is 9.64. The number of benzene rings is 2. The van der Waals surface area contributed by atoms with E-state index in [0.717, 1.165) is 48.3 Å². The number of amides is 2. The second-order valence-electron chi connectivity index (χ2n) is 9.64. The van der Waals surface area contributed by atoms with Gasteiger partial charge in [-0.05, 0) is 47.1 Å². The highest BCUT2D eigenvalue weighted by atomic mass is 16.5. The normalized spacial score (nSPS) is 12.1. The van der Waals surface area contributed by atoms with E-state index < -0.39 is 0 Å². The van der Waals surface area contributed by atoms with E-state index >= 15 is 0 Å². The van der Waals surface area contributed by atoms with Crippen LogP contribution in [0.1, 0.15) is 87.2 Å². The zero-order valence-electron chi connectivity index (χ0n) is 21.7. The first-order chi connectivity index (χ1) is 16.1. The number of ether oxygens (including phenoxy) is 2. The summed E-state index contributed by atoms with van der Waals surface area (Å²) in [5, 5.41) is 5.75. The number of carbonyl (C=O) groups excluding carboxylic acids is 2. The van der Waals surface area contributed by atoms with Gasteiger partial charge >= 0.3 is 0 Å². The van der Waals surface area contributed by atoms with Crippen molar-refractivity contribution in [2.24, 2.45) is 0 Å². The Hall–Kier alpha value is -3.02. The van der Waals surface area contributed by atoms with Crippen molar-refractivity contribution in [1.29, 1.82) is 0 Å². The standard InChI is InChI=1S/C28H40N2O4/c1-8-9-10-11-19(22-14-13-21(33-6)18-25(22)34-7)17-26(31)30-24-16-20(27(32)29-5)12-15-23(24)28(2,3)4/h12-16,18-19H,8-11,17H2,1-7H3,(H,29,32)(H,30,31). The third-order valence-electron chi connectivity index (χ3n) is 6.06. The first-order valence-corrected chi connectivity index (χ1v) is 12.0. The quantitative estimate of drug-likeness (QED) is 0.393. The fourth-order valence-corrected chi connectivity index (χ4v) is 4.18. The molecule has 2 aromatic carbocycles. The molecule has 0 spiro atoms. The lowest BCUT2D eigenvalue weighted by atomic mass is 9.84. The summed E-state index contributed by atoms with van der Waals surface area (Å²) in [7, 11) is 4.86. The molecule has 2 N–H and O–H groups in total. The summed E-state index contributed by atoms with van der Waals surface area (Å²) in [5.41, 5.74) is 2.99. The van der Waals surface area contributed by atoms with Crippen LogP contribution in [0, 0.1) is 0 Å². The Labute approximate surface area is 204 Å². The average molecular weight is 469 g/mol. The number of anilines is 1. The summed E-state index contributed by atoms with van der Waals surface area (Å²) in [6.07, 6.45) is 4.45. The van der Waals surface area contributed by atoms with Crippen LogP contribution in [-0.2, 0) is 10.2 Å². The van der Waals surface area contributed by atoms with Crippen LogP contribution in [0.15, 0.2) is 36.4 Å². The molecule has 2 aromatic rings. The topological polar surface area (TPSA) is 76.7 Å². The molecule has 2 amide bonds. The van der Waals surface area contributed by atoms with Crippen LogP contribution < -0.4 is 20.1 Å². The van der Waals surface area contributed by atoms with Crippen molar-refractivity contribution in [2.45, 2.75) is 71.1 Å². The van der Waals surface area contributed by atoms with E-state index in [0.29, 0.717) is 17.7 Å². The lowest BCUT2D eigenvalue weighted by Crippen LogP contribution is -2.22. The van der Waals surface area contributed by atoms with Gasteiger partial charge in [0.15, 0.2) is 0 Å². The zero-order chi connectivity index (χ0) is 25.3. The van der Waals surface area contributed by atoms with E-state index in [1.807, 2.05) is 24.3 Å². The Kier molecular flexibility index (Phi) is 9.97. The number of hydrogen-bond donors (Lipinski definition) is 2. The molecule has 0 aliphatic carbocycles. The van der Waals surface area contributed by atoms with Gasteiger partial charge in [-0.1, -0.05) is 59.1 Å². The molecule has 34 heavy (non-hydrogen) atoms. The molecule has 1 atom stereocenters. The molecule has 0 heterocycles. The summed E-state index contributed by atoms with van der Waals surface area (Å²) in [5.74, 6) is 1.19. The van der Waals surface area contributed by atoms with E-state index in [2.05, 4.69) is 38.3 Å². The molecular weight excluding hydrogens is 428 g/mol. The smallest absolute Gasteiger partial charge is 0.251 e. The molecule has 6 heteroatoms. The molecule has 0 fully saturated rings. The van der Waals surface area contributed by atoms with Gasteiger partial charge in [-0.3, -0.25) is 9.59 Å². The molecule has 0 bridgehead atoms. The predicted octanol–water partition coefficient (Wildman–Crippen LogP) is 6.05. The Morgan fingerprint density at radius 3 is 2.32 bits per heavy atom. The van der Waals surface area contributed by atoms with E-state index in [9.17, 15) is 9.59 Å². The number of nitrogens with one attached hydrogen (secondary N) is 2. The number of unbranched alkanes of at least 4 members (excludes halogenated alkanes) is 2. The largest absolute Gasteiger partial charge is 0.497 e. The summed E-state index contributed by atoms with van der Waals surface area (Å²) in [6, 6.07) is 11.2. The fourth-order valence-electron chi connectivity index (χ4n) is 4.18. The number of hydrogen-bond acceptors (Lipinski definition) is 4. The van der Waals surface area contributed by atoms with Crippen LogP contribution >= 0.6 is 0 Å². The van der Waals surface area contributed by atoms with Crippen LogP contribution in [0.4, 0.5) is 5.69 Å². The molecule has 186 valence electrons. The summed E-state index contributed by atoms with van der Waals surface area (Å²) in [4.78, 5) is 25.5. The molecule has 0 aromatic heterocycles. The summed E-state index contributed by atoms with van der Waals surface area (Å²) in [6.45, 7) is 8.44. The molecule has 0 saturated carbocycles. The SMILES string of the molecule is CCCCCC(CC(=O)Nc1cc(C(=O)NC)ccc1C(C)(C)C)c1ccc(OC)cc1OC. The van der Waals surface area contributed by atoms with Crippen LogP contribution in [-0.4, -0.2) is 33.1 Å². The molecule has 0 aliphatic heterocycles. The van der Waals surface area contributed by atoms with Gasteiger partial charge < -0.3 is 20.1 Å². The minimum atomic E-state index is -0.191. The molecule has 0 saturated heterocycles. The number of methoxy groups -OCH3 is 2. The van der Waals surface area contributed by atoms with Gasteiger partial charge in [0.05, 0.1) is 14.2 Å². The Bertz CT molecular complexity index is 979. The van der Waals surface area contributed by atoms with Gasteiger partial charge in [0.1, 0.15) is 11.5 Å². The third kappa shape index (κ3) is 7.24. The maximum atomic E-state index is 13.3. The van der Waals surface area contributed by atoms with E-state index in [4.69, 9.17) is 9.47 Å². The summed E-state index contributed by atoms with van der Waals surface area (Å²) < 4.78 is 11.0.